The number of rotatable bonds is 4. The van der Waals surface area contributed by atoms with E-state index in [0.717, 1.165) is 11.3 Å². The van der Waals surface area contributed by atoms with Gasteiger partial charge in [0.2, 0.25) is 5.91 Å². The minimum absolute atomic E-state index is 0.0155. The normalized spacial score (nSPS) is 15.8. The molecule has 5 nitrogen and oxygen atoms in total. The van der Waals surface area contributed by atoms with Crippen molar-refractivity contribution in [1.82, 2.24) is 4.90 Å². The maximum Gasteiger partial charge on any atom is 0.306 e. The van der Waals surface area contributed by atoms with Crippen LogP contribution >= 0.6 is 11.6 Å². The van der Waals surface area contributed by atoms with Gasteiger partial charge in [0, 0.05) is 23.8 Å². The van der Waals surface area contributed by atoms with Crippen molar-refractivity contribution in [2.45, 2.75) is 19.8 Å². The number of aliphatic carboxylic acids is 1. The van der Waals surface area contributed by atoms with Gasteiger partial charge in [-0.2, -0.15) is 0 Å². The third kappa shape index (κ3) is 3.88. The molecule has 0 radical (unpaired) electrons. The van der Waals surface area contributed by atoms with Crippen LogP contribution in [0.3, 0.4) is 0 Å². The van der Waals surface area contributed by atoms with E-state index in [2.05, 4.69) is 5.32 Å². The zero-order valence-corrected chi connectivity index (χ0v) is 12.7. The van der Waals surface area contributed by atoms with Gasteiger partial charge in [-0.1, -0.05) is 17.7 Å². The highest BCUT2D eigenvalue weighted by atomic mass is 35.5. The number of carbonyl (C=O) groups excluding carboxylic acids is 1. The first-order valence-corrected chi connectivity index (χ1v) is 7.36. The lowest BCUT2D eigenvalue weighted by molar-refractivity contribution is -0.145. The number of amides is 1. The molecule has 1 aliphatic heterocycles. The summed E-state index contributed by atoms with van der Waals surface area (Å²) in [4.78, 5) is 24.7. The molecule has 0 atom stereocenters. The molecule has 6 heteroatoms. The molecule has 1 heterocycles. The van der Waals surface area contributed by atoms with Crippen molar-refractivity contribution in [3.63, 3.8) is 0 Å². The molecule has 1 amide bonds. The van der Waals surface area contributed by atoms with Crippen LogP contribution < -0.4 is 5.32 Å². The predicted octanol–water partition coefficient (Wildman–Crippen LogP) is 2.38. The summed E-state index contributed by atoms with van der Waals surface area (Å²) < 4.78 is 0. The standard InChI is InChI=1S/C15H19ClN2O3/c1-10-12(16)3-2-4-13(10)17-9-14(19)18-7-5-11(6-8-18)15(20)21/h2-4,11,17H,5-9H2,1H3,(H,20,21). The van der Waals surface area contributed by atoms with E-state index in [-0.39, 0.29) is 18.4 Å². The van der Waals surface area contributed by atoms with Crippen LogP contribution in [-0.2, 0) is 9.59 Å². The summed E-state index contributed by atoms with van der Waals surface area (Å²) in [5, 5.41) is 12.7. The highest BCUT2D eigenvalue weighted by Crippen LogP contribution is 2.23. The van der Waals surface area contributed by atoms with Crippen molar-refractivity contribution in [3.05, 3.63) is 28.8 Å². The van der Waals surface area contributed by atoms with Gasteiger partial charge in [0.1, 0.15) is 0 Å². The second kappa shape index (κ2) is 6.80. The summed E-state index contributed by atoms with van der Waals surface area (Å²) >= 11 is 6.03. The molecule has 0 bridgehead atoms. The summed E-state index contributed by atoms with van der Waals surface area (Å²) in [6.07, 6.45) is 1.05. The summed E-state index contributed by atoms with van der Waals surface area (Å²) in [6.45, 7) is 3.10. The highest BCUT2D eigenvalue weighted by Gasteiger charge is 2.26. The molecule has 0 spiro atoms. The molecule has 1 aromatic carbocycles. The van der Waals surface area contributed by atoms with E-state index in [1.807, 2.05) is 19.1 Å². The van der Waals surface area contributed by atoms with Crippen molar-refractivity contribution in [1.29, 1.82) is 0 Å². The number of likely N-dealkylation sites (tertiary alicyclic amines) is 1. The van der Waals surface area contributed by atoms with E-state index in [1.165, 1.54) is 0 Å². The van der Waals surface area contributed by atoms with Crippen molar-refractivity contribution in [2.24, 2.45) is 5.92 Å². The minimum atomic E-state index is -0.769. The number of carbonyl (C=O) groups is 2. The lowest BCUT2D eigenvalue weighted by Crippen LogP contribution is -2.42. The fraction of sp³-hybridized carbons (Fsp3) is 0.467. The number of benzene rings is 1. The summed E-state index contributed by atoms with van der Waals surface area (Å²) in [6, 6.07) is 5.52. The molecule has 2 rings (SSSR count). The molecule has 21 heavy (non-hydrogen) atoms. The van der Waals surface area contributed by atoms with Crippen molar-refractivity contribution in [2.75, 3.05) is 25.0 Å². The van der Waals surface area contributed by atoms with E-state index in [0.29, 0.717) is 31.0 Å². The zero-order valence-electron chi connectivity index (χ0n) is 11.9. The number of nitrogens with zero attached hydrogens (tertiary/aromatic N) is 1. The van der Waals surface area contributed by atoms with Gasteiger partial charge in [-0.05, 0) is 37.5 Å². The summed E-state index contributed by atoms with van der Waals surface area (Å²) in [5.41, 5.74) is 1.76. The Hall–Kier alpha value is -1.75. The van der Waals surface area contributed by atoms with Crippen LogP contribution in [0, 0.1) is 12.8 Å². The summed E-state index contributed by atoms with van der Waals surface area (Å²) in [5.74, 6) is -1.11. The minimum Gasteiger partial charge on any atom is -0.481 e. The average molecular weight is 311 g/mol. The topological polar surface area (TPSA) is 69.6 Å². The van der Waals surface area contributed by atoms with E-state index in [1.54, 1.807) is 11.0 Å². The van der Waals surface area contributed by atoms with Gasteiger partial charge >= 0.3 is 5.97 Å². The Kier molecular flexibility index (Phi) is 5.07. The SMILES string of the molecule is Cc1c(Cl)cccc1NCC(=O)N1CCC(C(=O)O)CC1. The second-order valence-corrected chi connectivity index (χ2v) is 5.67. The van der Waals surface area contributed by atoms with Crippen molar-refractivity contribution in [3.8, 4) is 0 Å². The van der Waals surface area contributed by atoms with Crippen molar-refractivity contribution < 1.29 is 14.7 Å². The maximum absolute atomic E-state index is 12.1. The van der Waals surface area contributed by atoms with Gasteiger partial charge in [-0.25, -0.2) is 0 Å². The number of nitrogens with one attached hydrogen (secondary N) is 1. The number of hydrogen-bond acceptors (Lipinski definition) is 3. The number of halogens is 1. The first-order chi connectivity index (χ1) is 9.99. The molecule has 0 aliphatic carbocycles. The number of hydrogen-bond donors (Lipinski definition) is 2. The molecule has 1 fully saturated rings. The van der Waals surface area contributed by atoms with Crippen LogP contribution in [0.5, 0.6) is 0 Å². The van der Waals surface area contributed by atoms with Crippen LogP contribution in [0.2, 0.25) is 5.02 Å². The van der Waals surface area contributed by atoms with Gasteiger partial charge < -0.3 is 15.3 Å². The lowest BCUT2D eigenvalue weighted by atomic mass is 9.97. The fourth-order valence-corrected chi connectivity index (χ4v) is 2.63. The molecule has 2 N–H and O–H groups in total. The molecular formula is C15H19ClN2O3. The van der Waals surface area contributed by atoms with E-state index < -0.39 is 5.97 Å². The highest BCUT2D eigenvalue weighted by molar-refractivity contribution is 6.31. The predicted molar refractivity (Wildman–Crippen MR) is 81.6 cm³/mol. The molecule has 1 aliphatic rings. The Morgan fingerprint density at radius 3 is 2.67 bits per heavy atom. The van der Waals surface area contributed by atoms with Gasteiger partial charge in [-0.3, -0.25) is 9.59 Å². The third-order valence-electron chi connectivity index (χ3n) is 3.89. The van der Waals surface area contributed by atoms with Crippen LogP contribution in [0.1, 0.15) is 18.4 Å². The average Bonchev–Trinajstić information content (AvgIpc) is 2.48. The first kappa shape index (κ1) is 15.6. The number of piperidine rings is 1. The molecule has 0 saturated carbocycles. The van der Waals surface area contributed by atoms with Gasteiger partial charge in [-0.15, -0.1) is 0 Å². The molecular weight excluding hydrogens is 292 g/mol. The molecule has 0 aromatic heterocycles. The van der Waals surface area contributed by atoms with Crippen LogP contribution in [0.15, 0.2) is 18.2 Å². The number of carboxylic acid groups (broad SMARTS) is 1. The smallest absolute Gasteiger partial charge is 0.306 e. The van der Waals surface area contributed by atoms with Gasteiger partial charge in [0.05, 0.1) is 12.5 Å². The van der Waals surface area contributed by atoms with Gasteiger partial charge in [0.25, 0.3) is 0 Å². The summed E-state index contributed by atoms with van der Waals surface area (Å²) in [7, 11) is 0. The van der Waals surface area contributed by atoms with E-state index in [9.17, 15) is 9.59 Å². The number of anilines is 1. The van der Waals surface area contributed by atoms with E-state index in [4.69, 9.17) is 16.7 Å². The monoisotopic (exact) mass is 310 g/mol. The van der Waals surface area contributed by atoms with Crippen LogP contribution in [-0.4, -0.2) is 41.5 Å². The lowest BCUT2D eigenvalue weighted by Gasteiger charge is -2.30. The molecule has 0 unspecified atom stereocenters. The van der Waals surface area contributed by atoms with Crippen molar-refractivity contribution >= 4 is 29.2 Å². The molecule has 1 saturated heterocycles. The number of carboxylic acids is 1. The van der Waals surface area contributed by atoms with Gasteiger partial charge in [0.15, 0.2) is 0 Å². The Labute approximate surface area is 128 Å². The second-order valence-electron chi connectivity index (χ2n) is 5.26. The Bertz CT molecular complexity index is 540. The van der Waals surface area contributed by atoms with E-state index >= 15 is 0 Å². The van der Waals surface area contributed by atoms with Crippen LogP contribution in [0.4, 0.5) is 5.69 Å². The molecule has 114 valence electrons. The Morgan fingerprint density at radius 2 is 2.05 bits per heavy atom. The fourth-order valence-electron chi connectivity index (χ4n) is 2.46. The largest absolute Gasteiger partial charge is 0.481 e. The first-order valence-electron chi connectivity index (χ1n) is 6.98. The Balaban J connectivity index is 1.85. The Morgan fingerprint density at radius 1 is 1.38 bits per heavy atom. The maximum atomic E-state index is 12.1. The third-order valence-corrected chi connectivity index (χ3v) is 4.30. The zero-order chi connectivity index (χ0) is 15.4. The quantitative estimate of drug-likeness (QED) is 0.896. The molecule has 1 aromatic rings. The van der Waals surface area contributed by atoms with Crippen LogP contribution in [0.25, 0.3) is 0 Å².